The van der Waals surface area contributed by atoms with E-state index in [-0.39, 0.29) is 4.90 Å². The van der Waals surface area contributed by atoms with Crippen molar-refractivity contribution in [2.75, 3.05) is 0 Å². The molecule has 2 aromatic rings. The molecular formula is C14H18N2O3S. The third-order valence-corrected chi connectivity index (χ3v) is 4.35. The number of benzene rings is 1. The molecular weight excluding hydrogens is 276 g/mol. The van der Waals surface area contributed by atoms with E-state index in [1.54, 1.807) is 47.4 Å². The van der Waals surface area contributed by atoms with Crippen LogP contribution in [0.15, 0.2) is 47.6 Å². The number of hydrogen-bond acceptors (Lipinski definition) is 4. The highest BCUT2D eigenvalue weighted by atomic mass is 32.2. The molecule has 1 aromatic heterocycles. The summed E-state index contributed by atoms with van der Waals surface area (Å²) in [7, 11) is -3.73. The normalized spacial score (nSPS) is 13.3. The Morgan fingerprint density at radius 3 is 2.55 bits per heavy atom. The summed E-state index contributed by atoms with van der Waals surface area (Å²) in [5.41, 5.74) is 1.01. The van der Waals surface area contributed by atoms with Crippen molar-refractivity contribution in [1.82, 2.24) is 9.78 Å². The van der Waals surface area contributed by atoms with Gasteiger partial charge in [0.1, 0.15) is 0 Å². The molecule has 0 fully saturated rings. The molecule has 0 amide bonds. The predicted octanol–water partition coefficient (Wildman–Crippen LogP) is 2.38. The van der Waals surface area contributed by atoms with Gasteiger partial charge in [0.05, 0.1) is 17.5 Å². The highest BCUT2D eigenvalue weighted by Crippen LogP contribution is 2.17. The van der Waals surface area contributed by atoms with Crippen molar-refractivity contribution in [2.24, 2.45) is 0 Å². The van der Waals surface area contributed by atoms with E-state index < -0.39 is 16.2 Å². The molecule has 1 heterocycles. The SMILES string of the molecule is CC[C@H](Cn1cccn1)OS(=O)(=O)c1ccc(C)cc1. The summed E-state index contributed by atoms with van der Waals surface area (Å²) >= 11 is 0. The average Bonchev–Trinajstić information content (AvgIpc) is 2.91. The lowest BCUT2D eigenvalue weighted by atomic mass is 10.2. The Bertz CT molecular complexity index is 634. The monoisotopic (exact) mass is 294 g/mol. The molecule has 0 aliphatic carbocycles. The summed E-state index contributed by atoms with van der Waals surface area (Å²) < 4.78 is 31.3. The molecule has 0 aliphatic heterocycles. The Labute approximate surface area is 119 Å². The summed E-state index contributed by atoms with van der Waals surface area (Å²) in [5, 5.41) is 4.06. The minimum absolute atomic E-state index is 0.182. The summed E-state index contributed by atoms with van der Waals surface area (Å²) in [4.78, 5) is 0.182. The molecule has 5 nitrogen and oxygen atoms in total. The van der Waals surface area contributed by atoms with Gasteiger partial charge in [-0.05, 0) is 31.5 Å². The molecule has 6 heteroatoms. The first-order chi connectivity index (χ1) is 9.51. The molecule has 0 saturated heterocycles. The van der Waals surface area contributed by atoms with Crippen LogP contribution in [-0.4, -0.2) is 24.3 Å². The molecule has 20 heavy (non-hydrogen) atoms. The average molecular weight is 294 g/mol. The van der Waals surface area contributed by atoms with Crippen molar-refractivity contribution in [3.05, 3.63) is 48.3 Å². The van der Waals surface area contributed by atoms with Gasteiger partial charge in [-0.1, -0.05) is 24.6 Å². The molecule has 0 radical (unpaired) electrons. The second kappa shape index (κ2) is 6.19. The first-order valence-corrected chi connectivity index (χ1v) is 7.89. The second-order valence-electron chi connectivity index (χ2n) is 4.62. The largest absolute Gasteiger partial charge is 0.297 e. The van der Waals surface area contributed by atoms with E-state index in [9.17, 15) is 8.42 Å². The van der Waals surface area contributed by atoms with Crippen molar-refractivity contribution in [1.29, 1.82) is 0 Å². The highest BCUT2D eigenvalue weighted by molar-refractivity contribution is 7.86. The van der Waals surface area contributed by atoms with Crippen LogP contribution in [-0.2, 0) is 20.8 Å². The van der Waals surface area contributed by atoms with E-state index in [2.05, 4.69) is 5.10 Å². The number of nitrogens with zero attached hydrogens (tertiary/aromatic N) is 2. The standard InChI is InChI=1S/C14H18N2O3S/c1-3-13(11-16-10-4-9-15-16)19-20(17,18)14-7-5-12(2)6-8-14/h4-10,13H,3,11H2,1-2H3/t13-/m1/s1. The summed E-state index contributed by atoms with van der Waals surface area (Å²) in [6.45, 7) is 4.21. The number of rotatable bonds is 6. The van der Waals surface area contributed by atoms with E-state index >= 15 is 0 Å². The molecule has 1 atom stereocenters. The third-order valence-electron chi connectivity index (χ3n) is 2.98. The van der Waals surface area contributed by atoms with Crippen molar-refractivity contribution in [3.63, 3.8) is 0 Å². The van der Waals surface area contributed by atoms with Crippen LogP contribution >= 0.6 is 0 Å². The third kappa shape index (κ3) is 3.68. The smallest absolute Gasteiger partial charge is 0.270 e. The maximum absolute atomic E-state index is 12.2. The molecule has 108 valence electrons. The molecule has 0 aliphatic rings. The Hall–Kier alpha value is -1.66. The zero-order valence-electron chi connectivity index (χ0n) is 11.6. The fourth-order valence-electron chi connectivity index (χ4n) is 1.78. The van der Waals surface area contributed by atoms with Gasteiger partial charge in [-0.25, -0.2) is 0 Å². The van der Waals surface area contributed by atoms with Crippen LogP contribution in [0.4, 0.5) is 0 Å². The minimum Gasteiger partial charge on any atom is -0.270 e. The van der Waals surface area contributed by atoms with E-state index in [1.165, 1.54) is 0 Å². The Morgan fingerprint density at radius 1 is 1.30 bits per heavy atom. The van der Waals surface area contributed by atoms with Crippen molar-refractivity contribution < 1.29 is 12.6 Å². The van der Waals surface area contributed by atoms with Crippen molar-refractivity contribution >= 4 is 10.1 Å². The van der Waals surface area contributed by atoms with Crippen LogP contribution in [0.5, 0.6) is 0 Å². The number of aromatic nitrogens is 2. The van der Waals surface area contributed by atoms with E-state index in [4.69, 9.17) is 4.18 Å². The lowest BCUT2D eigenvalue weighted by Gasteiger charge is -2.16. The quantitative estimate of drug-likeness (QED) is 0.767. The Kier molecular flexibility index (Phi) is 4.57. The molecule has 0 saturated carbocycles. The molecule has 0 unspecified atom stereocenters. The first-order valence-electron chi connectivity index (χ1n) is 6.48. The molecule has 0 spiro atoms. The van der Waals surface area contributed by atoms with E-state index in [1.807, 2.05) is 13.8 Å². The summed E-state index contributed by atoms with van der Waals surface area (Å²) in [6, 6.07) is 8.42. The molecule has 0 N–H and O–H groups in total. The number of aryl methyl sites for hydroxylation is 1. The summed E-state index contributed by atoms with van der Waals surface area (Å²) in [5.74, 6) is 0. The van der Waals surface area contributed by atoms with Crippen LogP contribution in [0.1, 0.15) is 18.9 Å². The van der Waals surface area contributed by atoms with Crippen LogP contribution < -0.4 is 0 Å². The maximum Gasteiger partial charge on any atom is 0.297 e. The van der Waals surface area contributed by atoms with Crippen LogP contribution in [0.25, 0.3) is 0 Å². The van der Waals surface area contributed by atoms with Gasteiger partial charge in [-0.15, -0.1) is 0 Å². The number of hydrogen-bond donors (Lipinski definition) is 0. The minimum atomic E-state index is -3.73. The van der Waals surface area contributed by atoms with Gasteiger partial charge in [0.25, 0.3) is 10.1 Å². The highest BCUT2D eigenvalue weighted by Gasteiger charge is 2.21. The van der Waals surface area contributed by atoms with Gasteiger partial charge in [-0.3, -0.25) is 8.86 Å². The van der Waals surface area contributed by atoms with Gasteiger partial charge >= 0.3 is 0 Å². The zero-order valence-corrected chi connectivity index (χ0v) is 12.4. The van der Waals surface area contributed by atoms with Gasteiger partial charge in [0, 0.05) is 12.4 Å². The van der Waals surface area contributed by atoms with Gasteiger partial charge in [0.15, 0.2) is 0 Å². The van der Waals surface area contributed by atoms with Crippen molar-refractivity contribution in [3.8, 4) is 0 Å². The van der Waals surface area contributed by atoms with E-state index in [0.717, 1.165) is 5.56 Å². The fourth-order valence-corrected chi connectivity index (χ4v) is 2.92. The predicted molar refractivity (Wildman–Crippen MR) is 75.8 cm³/mol. The lowest BCUT2D eigenvalue weighted by Crippen LogP contribution is -2.23. The van der Waals surface area contributed by atoms with Crippen molar-refractivity contribution in [2.45, 2.75) is 37.8 Å². The fraction of sp³-hybridized carbons (Fsp3) is 0.357. The molecule has 1 aromatic carbocycles. The Morgan fingerprint density at radius 2 is 2.00 bits per heavy atom. The van der Waals surface area contributed by atoms with Crippen LogP contribution in [0.3, 0.4) is 0 Å². The van der Waals surface area contributed by atoms with Gasteiger partial charge < -0.3 is 0 Å². The first kappa shape index (κ1) is 14.7. The topological polar surface area (TPSA) is 61.2 Å². The van der Waals surface area contributed by atoms with Crippen LogP contribution in [0, 0.1) is 6.92 Å². The zero-order chi connectivity index (χ0) is 14.6. The van der Waals surface area contributed by atoms with E-state index in [0.29, 0.717) is 13.0 Å². The van der Waals surface area contributed by atoms with Gasteiger partial charge in [0.2, 0.25) is 0 Å². The molecule has 0 bridgehead atoms. The maximum atomic E-state index is 12.2. The Balaban J connectivity index is 2.11. The lowest BCUT2D eigenvalue weighted by molar-refractivity contribution is 0.178. The van der Waals surface area contributed by atoms with Crippen LogP contribution in [0.2, 0.25) is 0 Å². The molecule has 2 rings (SSSR count). The summed E-state index contributed by atoms with van der Waals surface area (Å²) in [6.07, 6.45) is 3.60. The van der Waals surface area contributed by atoms with Gasteiger partial charge in [-0.2, -0.15) is 13.5 Å². The second-order valence-corrected chi connectivity index (χ2v) is 6.19.